The molecule has 3 atom stereocenters. The van der Waals surface area contributed by atoms with Crippen molar-refractivity contribution in [2.75, 3.05) is 40.9 Å². The number of phosphoric acid groups is 1. The van der Waals surface area contributed by atoms with E-state index in [0.29, 0.717) is 23.9 Å². The van der Waals surface area contributed by atoms with Crippen molar-refractivity contribution in [1.82, 2.24) is 5.32 Å². The molecule has 9 heteroatoms. The van der Waals surface area contributed by atoms with Crippen LogP contribution < -0.4 is 5.32 Å². The Bertz CT molecular complexity index is 1830. The molecule has 0 aromatic rings. The molecule has 0 fully saturated rings. The number of nitrogens with zero attached hydrogens (tertiary/aromatic N) is 1. The summed E-state index contributed by atoms with van der Waals surface area (Å²) in [6.45, 7) is 4.78. The lowest BCUT2D eigenvalue weighted by Crippen LogP contribution is -2.46. The fourth-order valence-electron chi connectivity index (χ4n) is 9.58. The van der Waals surface area contributed by atoms with Crippen molar-refractivity contribution in [2.45, 2.75) is 296 Å². The summed E-state index contributed by atoms with van der Waals surface area (Å²) < 4.78 is 23.9. The Labute approximate surface area is 519 Å². The van der Waals surface area contributed by atoms with Gasteiger partial charge < -0.3 is 19.8 Å². The van der Waals surface area contributed by atoms with Crippen molar-refractivity contribution in [1.29, 1.82) is 0 Å². The molecule has 0 radical (unpaired) electrons. The first-order chi connectivity index (χ1) is 41.0. The molecule has 0 spiro atoms. The molecule has 0 aromatic heterocycles. The Hall–Kier alpha value is -3.36. The molecule has 0 aliphatic rings. The first-order valence-electron chi connectivity index (χ1n) is 34.5. The number of aliphatic hydroxyl groups is 1. The van der Waals surface area contributed by atoms with E-state index in [0.717, 1.165) is 122 Å². The second-order valence-corrected chi connectivity index (χ2v) is 25.6. The van der Waals surface area contributed by atoms with Gasteiger partial charge >= 0.3 is 7.82 Å². The van der Waals surface area contributed by atoms with Gasteiger partial charge in [0.2, 0.25) is 5.91 Å². The predicted molar refractivity (Wildman–Crippen MR) is 368 cm³/mol. The van der Waals surface area contributed by atoms with Crippen molar-refractivity contribution in [3.63, 3.8) is 0 Å². The normalized spacial score (nSPS) is 14.5. The smallest absolute Gasteiger partial charge is 0.391 e. The fourth-order valence-corrected chi connectivity index (χ4v) is 10.3. The largest absolute Gasteiger partial charge is 0.472 e. The maximum absolute atomic E-state index is 13.1. The van der Waals surface area contributed by atoms with Crippen LogP contribution in [0.5, 0.6) is 0 Å². The number of carbonyl (C=O) groups excluding carboxylic acids is 1. The molecule has 0 aromatic carbocycles. The van der Waals surface area contributed by atoms with E-state index in [2.05, 4.69) is 153 Å². The number of aliphatic hydroxyl groups excluding tert-OH is 1. The molecule has 8 nitrogen and oxygen atoms in total. The molecular formula is C75H132N2O6P+. The number of phosphoric ester groups is 1. The predicted octanol–water partition coefficient (Wildman–Crippen LogP) is 22.2. The Morgan fingerprint density at radius 2 is 0.714 bits per heavy atom. The van der Waals surface area contributed by atoms with E-state index in [9.17, 15) is 19.4 Å². The van der Waals surface area contributed by atoms with Crippen molar-refractivity contribution in [3.8, 4) is 0 Å². The molecular weight excluding hydrogens is 1060 g/mol. The fraction of sp³-hybridized carbons (Fsp3) is 0.693. The first-order valence-corrected chi connectivity index (χ1v) is 36.0. The van der Waals surface area contributed by atoms with Gasteiger partial charge in [0.15, 0.2) is 0 Å². The van der Waals surface area contributed by atoms with Crippen LogP contribution >= 0.6 is 7.82 Å². The Morgan fingerprint density at radius 3 is 1.05 bits per heavy atom. The summed E-state index contributed by atoms with van der Waals surface area (Å²) in [6, 6.07) is -0.777. The van der Waals surface area contributed by atoms with Crippen LogP contribution in [-0.2, 0) is 18.4 Å². The second kappa shape index (κ2) is 64.1. The summed E-state index contributed by atoms with van der Waals surface area (Å²) in [5.74, 6) is -0.158. The van der Waals surface area contributed by atoms with Crippen molar-refractivity contribution < 1.29 is 32.9 Å². The summed E-state index contributed by atoms with van der Waals surface area (Å²) in [4.78, 5) is 23.4. The number of hydrogen-bond donors (Lipinski definition) is 3. The number of unbranched alkanes of at least 4 members (excludes halogenated alkanes) is 27. The van der Waals surface area contributed by atoms with E-state index in [1.54, 1.807) is 0 Å². The third-order valence-electron chi connectivity index (χ3n) is 14.9. The molecule has 482 valence electrons. The highest BCUT2D eigenvalue weighted by molar-refractivity contribution is 7.47. The molecule has 0 heterocycles. The molecule has 0 saturated heterocycles. The van der Waals surface area contributed by atoms with Crippen LogP contribution in [0.15, 0.2) is 134 Å². The second-order valence-electron chi connectivity index (χ2n) is 24.2. The number of rotatable bonds is 62. The third-order valence-corrected chi connectivity index (χ3v) is 15.9. The average Bonchev–Trinajstić information content (AvgIpc) is 3.56. The van der Waals surface area contributed by atoms with Crippen LogP contribution in [0.1, 0.15) is 284 Å². The molecule has 0 bridgehead atoms. The number of amides is 1. The number of likely N-dealkylation sites (N-methyl/N-ethyl adjacent to an activating group) is 1. The highest BCUT2D eigenvalue weighted by atomic mass is 31.2. The maximum Gasteiger partial charge on any atom is 0.472 e. The minimum Gasteiger partial charge on any atom is -0.391 e. The van der Waals surface area contributed by atoms with Gasteiger partial charge in [0.05, 0.1) is 39.9 Å². The first kappa shape index (κ1) is 80.6. The maximum atomic E-state index is 13.1. The Morgan fingerprint density at radius 1 is 0.417 bits per heavy atom. The van der Waals surface area contributed by atoms with Crippen LogP contribution in [0, 0.1) is 0 Å². The Kier molecular flexibility index (Phi) is 61.6. The van der Waals surface area contributed by atoms with Crippen molar-refractivity contribution in [3.05, 3.63) is 134 Å². The summed E-state index contributed by atoms with van der Waals surface area (Å²) in [5, 5.41) is 14.1. The van der Waals surface area contributed by atoms with Gasteiger partial charge in [-0.1, -0.05) is 314 Å². The van der Waals surface area contributed by atoms with Crippen molar-refractivity contribution >= 4 is 13.7 Å². The third kappa shape index (κ3) is 66.2. The summed E-state index contributed by atoms with van der Waals surface area (Å²) >= 11 is 0. The SMILES string of the molecule is CC/C=C\C/C=C\C/C=C\C/C=C\C/C=C\C/C=C\C/C=C\C/C=C\C/C=C\C/C=C\C/C=C\CCCCCCCCCC(=O)NC(COP(=O)(O)OCC[N+](C)(C)C)C(O)CCCCCCCCCCCCCCCCCCCCCCC. The van der Waals surface area contributed by atoms with Gasteiger partial charge in [-0.25, -0.2) is 4.57 Å². The van der Waals surface area contributed by atoms with Gasteiger partial charge in [0, 0.05) is 6.42 Å². The number of allylic oxidation sites excluding steroid dienone is 22. The number of hydrogen-bond acceptors (Lipinski definition) is 5. The van der Waals surface area contributed by atoms with Gasteiger partial charge in [0.1, 0.15) is 13.2 Å². The quantitative estimate of drug-likeness (QED) is 0.0243. The van der Waals surface area contributed by atoms with Gasteiger partial charge in [-0.3, -0.25) is 13.8 Å². The summed E-state index contributed by atoms with van der Waals surface area (Å²) in [5.41, 5.74) is 0. The summed E-state index contributed by atoms with van der Waals surface area (Å²) in [6.07, 6.45) is 96.8. The molecule has 1 amide bonds. The molecule has 0 rings (SSSR count). The van der Waals surface area contributed by atoms with Crippen LogP contribution in [0.3, 0.4) is 0 Å². The molecule has 0 saturated carbocycles. The summed E-state index contributed by atoms with van der Waals surface area (Å²) in [7, 11) is 1.60. The van der Waals surface area contributed by atoms with E-state index in [4.69, 9.17) is 9.05 Å². The minimum atomic E-state index is -4.34. The van der Waals surface area contributed by atoms with Gasteiger partial charge in [-0.05, 0) is 96.3 Å². The lowest BCUT2D eigenvalue weighted by Gasteiger charge is -2.26. The van der Waals surface area contributed by atoms with E-state index < -0.39 is 20.0 Å². The van der Waals surface area contributed by atoms with Crippen LogP contribution in [0.25, 0.3) is 0 Å². The lowest BCUT2D eigenvalue weighted by atomic mass is 10.0. The highest BCUT2D eigenvalue weighted by Crippen LogP contribution is 2.43. The van der Waals surface area contributed by atoms with Crippen molar-refractivity contribution in [2.24, 2.45) is 0 Å². The molecule has 84 heavy (non-hydrogen) atoms. The zero-order valence-electron chi connectivity index (χ0n) is 55.1. The topological polar surface area (TPSA) is 105 Å². The monoisotopic (exact) mass is 1190 g/mol. The van der Waals surface area contributed by atoms with Gasteiger partial charge in [-0.2, -0.15) is 0 Å². The average molecular weight is 1190 g/mol. The number of carbonyl (C=O) groups is 1. The van der Waals surface area contributed by atoms with Crippen LogP contribution in [0.2, 0.25) is 0 Å². The molecule has 3 N–H and O–H groups in total. The Balaban J connectivity index is 4.13. The van der Waals surface area contributed by atoms with Crippen LogP contribution in [0.4, 0.5) is 0 Å². The number of quaternary nitrogens is 1. The molecule has 3 unspecified atom stereocenters. The zero-order valence-corrected chi connectivity index (χ0v) is 56.0. The van der Waals surface area contributed by atoms with E-state index in [1.807, 2.05) is 21.1 Å². The van der Waals surface area contributed by atoms with E-state index in [1.165, 1.54) is 135 Å². The standard InChI is InChI=1S/C75H131N2O6P/c1-6-8-10-12-14-16-18-20-22-24-26-28-29-30-31-32-33-34-35-36-37-38-39-40-41-42-43-44-45-46-47-49-51-53-55-57-59-61-63-65-67-69-75(79)76-73(72-83-84(80,81)82-71-70-77(3,4)5)74(78)68-66-64-62-60-58-56-54-52-50-48-27-25-23-21-19-17-15-13-11-9-7-2/h8,10,14,16,20,22,26,28,30-31,33-34,36-37,39-40,42-43,45-46,49,51,73-74,78H,6-7,9,11-13,15,17-19,21,23-25,27,29,32,35,38,41,44,47-48,50,52-72H2,1-5H3,(H-,76,79,80,81)/p+1/b10-8-,16-14-,22-20-,28-26-,31-30-,34-33-,37-36-,40-39-,43-42-,46-45-,51-49-. The zero-order chi connectivity index (χ0) is 61.2. The highest BCUT2D eigenvalue weighted by Gasteiger charge is 2.28. The van der Waals surface area contributed by atoms with Gasteiger partial charge in [0.25, 0.3) is 0 Å². The van der Waals surface area contributed by atoms with Crippen LogP contribution in [-0.4, -0.2) is 73.4 Å². The van der Waals surface area contributed by atoms with Gasteiger partial charge in [-0.15, -0.1) is 0 Å². The number of nitrogens with one attached hydrogen (secondary N) is 1. The van der Waals surface area contributed by atoms with E-state index in [-0.39, 0.29) is 19.1 Å². The molecule has 0 aliphatic carbocycles. The molecule has 0 aliphatic heterocycles. The minimum absolute atomic E-state index is 0.0666. The van der Waals surface area contributed by atoms with E-state index >= 15 is 0 Å². The lowest BCUT2D eigenvalue weighted by molar-refractivity contribution is -0.870.